The summed E-state index contributed by atoms with van der Waals surface area (Å²) in [6.45, 7) is 0. The van der Waals surface area contributed by atoms with Crippen molar-refractivity contribution in [3.05, 3.63) is 77.7 Å². The van der Waals surface area contributed by atoms with Crippen LogP contribution < -0.4 is 0 Å². The van der Waals surface area contributed by atoms with Gasteiger partial charge in [0.1, 0.15) is 5.03 Å². The van der Waals surface area contributed by atoms with Gasteiger partial charge in [-0.1, -0.05) is 72.6 Å². The summed E-state index contributed by atoms with van der Waals surface area (Å²) in [5.74, 6) is 1.64. The quantitative estimate of drug-likeness (QED) is 0.257. The molecular formula is C26H23F3N4OS. The van der Waals surface area contributed by atoms with Gasteiger partial charge < -0.3 is 4.52 Å². The van der Waals surface area contributed by atoms with E-state index in [1.54, 1.807) is 0 Å². The number of thioether (sulfide) groups is 1. The van der Waals surface area contributed by atoms with Gasteiger partial charge in [-0.15, -0.1) is 10.2 Å². The first-order valence-corrected chi connectivity index (χ1v) is 12.5. The fourth-order valence-electron chi connectivity index (χ4n) is 4.29. The van der Waals surface area contributed by atoms with Gasteiger partial charge in [0.25, 0.3) is 0 Å². The first-order chi connectivity index (χ1) is 17.0. The number of benzene rings is 2. The molecule has 0 atom stereocenters. The van der Waals surface area contributed by atoms with Crippen LogP contribution in [-0.2, 0) is 11.9 Å². The van der Waals surface area contributed by atoms with E-state index in [-0.39, 0.29) is 5.82 Å². The first-order valence-electron chi connectivity index (χ1n) is 11.5. The lowest BCUT2D eigenvalue weighted by atomic mass is 9.84. The van der Waals surface area contributed by atoms with Gasteiger partial charge in [0, 0.05) is 11.1 Å². The lowest BCUT2D eigenvalue weighted by molar-refractivity contribution is -0.137. The van der Waals surface area contributed by atoms with E-state index in [1.807, 2.05) is 12.1 Å². The summed E-state index contributed by atoms with van der Waals surface area (Å²) in [4.78, 5) is 4.27. The number of hydrogen-bond donors (Lipinski definition) is 0. The summed E-state index contributed by atoms with van der Waals surface area (Å²) >= 11 is 1.39. The lowest BCUT2D eigenvalue weighted by Crippen LogP contribution is -2.04. The number of hydrogen-bond acceptors (Lipinski definition) is 6. The fraction of sp³-hybridized carbons (Fsp3) is 0.308. The van der Waals surface area contributed by atoms with Crippen molar-refractivity contribution >= 4 is 11.8 Å². The Kier molecular flexibility index (Phi) is 6.86. The predicted octanol–water partition coefficient (Wildman–Crippen LogP) is 7.55. The van der Waals surface area contributed by atoms with E-state index in [2.05, 4.69) is 44.6 Å². The molecule has 0 aliphatic heterocycles. The number of nitrogens with zero attached hydrogens (tertiary/aromatic N) is 4. The highest BCUT2D eigenvalue weighted by molar-refractivity contribution is 7.98. The third-order valence-corrected chi connectivity index (χ3v) is 7.11. The molecule has 35 heavy (non-hydrogen) atoms. The SMILES string of the molecule is FC(F)(F)c1ccc(-c2noc(CSc3ccc(-c4ccc(C5CCCCC5)cc4)nn3)n2)cc1. The maximum atomic E-state index is 12.7. The zero-order valence-electron chi connectivity index (χ0n) is 18.8. The van der Waals surface area contributed by atoms with Crippen molar-refractivity contribution in [1.82, 2.24) is 20.3 Å². The molecule has 0 spiro atoms. The average Bonchev–Trinajstić information content (AvgIpc) is 3.37. The molecule has 180 valence electrons. The van der Waals surface area contributed by atoms with E-state index >= 15 is 0 Å². The first kappa shape index (κ1) is 23.5. The van der Waals surface area contributed by atoms with Crippen LogP contribution in [0.25, 0.3) is 22.6 Å². The summed E-state index contributed by atoms with van der Waals surface area (Å²) in [6, 6.07) is 17.1. The minimum Gasteiger partial charge on any atom is -0.338 e. The molecule has 1 aliphatic rings. The molecule has 5 nitrogen and oxygen atoms in total. The topological polar surface area (TPSA) is 64.7 Å². The number of alkyl halides is 3. The van der Waals surface area contributed by atoms with E-state index < -0.39 is 11.7 Å². The van der Waals surface area contributed by atoms with Crippen LogP contribution in [0.2, 0.25) is 0 Å². The normalized spacial score (nSPS) is 14.8. The van der Waals surface area contributed by atoms with Crippen molar-refractivity contribution < 1.29 is 17.7 Å². The molecule has 5 rings (SSSR count). The molecule has 4 aromatic rings. The van der Waals surface area contributed by atoms with Crippen LogP contribution in [-0.4, -0.2) is 20.3 Å². The van der Waals surface area contributed by atoms with Crippen molar-refractivity contribution in [2.75, 3.05) is 0 Å². The maximum absolute atomic E-state index is 12.7. The third-order valence-electron chi connectivity index (χ3n) is 6.21. The van der Waals surface area contributed by atoms with Gasteiger partial charge in [0.05, 0.1) is 17.0 Å². The van der Waals surface area contributed by atoms with Gasteiger partial charge >= 0.3 is 6.18 Å². The van der Waals surface area contributed by atoms with Crippen molar-refractivity contribution in [2.24, 2.45) is 0 Å². The molecular weight excluding hydrogens is 473 g/mol. The Hall–Kier alpha value is -3.20. The van der Waals surface area contributed by atoms with Crippen LogP contribution in [0.4, 0.5) is 13.2 Å². The Labute approximate surface area is 205 Å². The highest BCUT2D eigenvalue weighted by Gasteiger charge is 2.30. The van der Waals surface area contributed by atoms with Crippen molar-refractivity contribution in [3.63, 3.8) is 0 Å². The molecule has 1 saturated carbocycles. The van der Waals surface area contributed by atoms with E-state index in [1.165, 1.54) is 61.6 Å². The van der Waals surface area contributed by atoms with Gasteiger partial charge in [-0.25, -0.2) is 0 Å². The van der Waals surface area contributed by atoms with Gasteiger partial charge in [-0.05, 0) is 48.6 Å². The van der Waals surface area contributed by atoms with Crippen LogP contribution in [0, 0.1) is 0 Å². The van der Waals surface area contributed by atoms with E-state index in [0.717, 1.165) is 23.4 Å². The Balaban J connectivity index is 1.18. The second-order valence-electron chi connectivity index (χ2n) is 8.59. The number of halogens is 3. The molecule has 0 unspecified atom stereocenters. The zero-order valence-corrected chi connectivity index (χ0v) is 19.6. The second kappa shape index (κ2) is 10.2. The predicted molar refractivity (Wildman–Crippen MR) is 128 cm³/mol. The van der Waals surface area contributed by atoms with Crippen molar-refractivity contribution in [1.29, 1.82) is 0 Å². The largest absolute Gasteiger partial charge is 0.416 e. The monoisotopic (exact) mass is 496 g/mol. The molecule has 1 fully saturated rings. The molecule has 0 N–H and O–H groups in total. The molecule has 2 aromatic heterocycles. The molecule has 9 heteroatoms. The number of aromatic nitrogens is 4. The van der Waals surface area contributed by atoms with Gasteiger partial charge in [0.2, 0.25) is 11.7 Å². The average molecular weight is 497 g/mol. The highest BCUT2D eigenvalue weighted by Crippen LogP contribution is 2.34. The maximum Gasteiger partial charge on any atom is 0.416 e. The summed E-state index contributed by atoms with van der Waals surface area (Å²) in [6.07, 6.45) is 2.15. The lowest BCUT2D eigenvalue weighted by Gasteiger charge is -2.22. The number of rotatable bonds is 6. The van der Waals surface area contributed by atoms with Crippen molar-refractivity contribution in [2.45, 2.75) is 55.0 Å². The smallest absolute Gasteiger partial charge is 0.338 e. The molecule has 0 radical (unpaired) electrons. The Morgan fingerprint density at radius 2 is 1.54 bits per heavy atom. The minimum absolute atomic E-state index is 0.243. The zero-order chi connectivity index (χ0) is 24.3. The second-order valence-corrected chi connectivity index (χ2v) is 9.58. The molecule has 2 aromatic carbocycles. The van der Waals surface area contributed by atoms with Crippen LogP contribution in [0.1, 0.15) is 55.0 Å². The van der Waals surface area contributed by atoms with Crippen LogP contribution in [0.5, 0.6) is 0 Å². The van der Waals surface area contributed by atoms with Gasteiger partial charge in [-0.3, -0.25) is 0 Å². The van der Waals surface area contributed by atoms with Crippen LogP contribution in [0.15, 0.2) is 70.2 Å². The van der Waals surface area contributed by atoms with E-state index in [0.29, 0.717) is 28.2 Å². The Bertz CT molecular complexity index is 1250. The Morgan fingerprint density at radius 1 is 0.829 bits per heavy atom. The summed E-state index contributed by atoms with van der Waals surface area (Å²) < 4.78 is 43.4. The minimum atomic E-state index is -4.38. The summed E-state index contributed by atoms with van der Waals surface area (Å²) in [5.41, 5.74) is 2.99. The third kappa shape index (κ3) is 5.73. The summed E-state index contributed by atoms with van der Waals surface area (Å²) in [7, 11) is 0. The Morgan fingerprint density at radius 3 is 2.20 bits per heavy atom. The summed E-state index contributed by atoms with van der Waals surface area (Å²) in [5, 5.41) is 13.2. The standard InChI is InChI=1S/C26H23F3N4OS/c27-26(28,29)21-12-10-20(11-13-21)25-30-23(34-33-25)16-35-24-15-14-22(31-32-24)19-8-6-18(7-9-19)17-4-2-1-3-5-17/h6-15,17H,1-5,16H2. The van der Waals surface area contributed by atoms with Crippen LogP contribution >= 0.6 is 11.8 Å². The highest BCUT2D eigenvalue weighted by atomic mass is 32.2. The molecule has 0 bridgehead atoms. The van der Waals surface area contributed by atoms with Gasteiger partial charge in [0.15, 0.2) is 0 Å². The van der Waals surface area contributed by atoms with E-state index in [4.69, 9.17) is 4.52 Å². The van der Waals surface area contributed by atoms with Crippen LogP contribution in [0.3, 0.4) is 0 Å². The molecule has 0 amide bonds. The molecule has 1 aliphatic carbocycles. The molecule has 2 heterocycles. The van der Waals surface area contributed by atoms with Crippen molar-refractivity contribution in [3.8, 4) is 22.6 Å². The van der Waals surface area contributed by atoms with Gasteiger partial charge in [-0.2, -0.15) is 18.2 Å². The van der Waals surface area contributed by atoms with E-state index in [9.17, 15) is 13.2 Å². The molecule has 0 saturated heterocycles. The fourth-order valence-corrected chi connectivity index (χ4v) is 4.94.